The summed E-state index contributed by atoms with van der Waals surface area (Å²) in [7, 11) is 0. The number of carbonyl (C=O) groups excluding carboxylic acids is 1. The highest BCUT2D eigenvalue weighted by Gasteiger charge is 2.32. The predicted octanol–water partition coefficient (Wildman–Crippen LogP) is -0.623. The number of hydrogen-bond donors (Lipinski definition) is 4. The highest BCUT2D eigenvalue weighted by Crippen LogP contribution is 2.16. The molecule has 0 saturated carbocycles. The topological polar surface area (TPSA) is 107 Å². The molecule has 0 bridgehead atoms. The molecule has 2 rings (SSSR count). The normalized spacial score (nSPS) is 24.1. The third-order valence-corrected chi connectivity index (χ3v) is 3.45. The van der Waals surface area contributed by atoms with Gasteiger partial charge in [0.2, 0.25) is 5.91 Å². The number of amides is 1. The van der Waals surface area contributed by atoms with Gasteiger partial charge in [-0.2, -0.15) is 0 Å². The van der Waals surface area contributed by atoms with Crippen LogP contribution >= 0.6 is 0 Å². The Bertz CT molecular complexity index is 446. The van der Waals surface area contributed by atoms with Gasteiger partial charge in [0.05, 0.1) is 12.2 Å². The summed E-state index contributed by atoms with van der Waals surface area (Å²) in [5, 5.41) is 14.9. The number of aliphatic carboxylic acids is 1. The molecule has 1 aliphatic rings. The molecule has 1 aromatic rings. The van der Waals surface area contributed by atoms with E-state index >= 15 is 0 Å². The van der Waals surface area contributed by atoms with Crippen molar-refractivity contribution in [1.29, 1.82) is 0 Å². The van der Waals surface area contributed by atoms with Crippen LogP contribution in [-0.4, -0.2) is 46.1 Å². The molecule has 0 spiro atoms. The van der Waals surface area contributed by atoms with Gasteiger partial charge in [0.1, 0.15) is 6.04 Å². The SMILES string of the molecule is C[C@@H]1CNC[C@H]1C(=O)NC(Cc1cnc[nH]1)C(=O)O. The molecule has 2 heterocycles. The van der Waals surface area contributed by atoms with Crippen LogP contribution in [0, 0.1) is 11.8 Å². The summed E-state index contributed by atoms with van der Waals surface area (Å²) in [6.45, 7) is 3.37. The highest BCUT2D eigenvalue weighted by molar-refractivity contribution is 5.85. The summed E-state index contributed by atoms with van der Waals surface area (Å²) in [4.78, 5) is 29.9. The van der Waals surface area contributed by atoms with Gasteiger partial charge < -0.3 is 20.7 Å². The monoisotopic (exact) mass is 266 g/mol. The number of carboxylic acid groups (broad SMARTS) is 1. The Morgan fingerprint density at radius 3 is 2.89 bits per heavy atom. The van der Waals surface area contributed by atoms with Crippen molar-refractivity contribution in [1.82, 2.24) is 20.6 Å². The molecule has 1 aliphatic heterocycles. The molecule has 19 heavy (non-hydrogen) atoms. The number of aromatic amines is 1. The second-order valence-corrected chi connectivity index (χ2v) is 4.92. The Morgan fingerprint density at radius 1 is 1.58 bits per heavy atom. The van der Waals surface area contributed by atoms with E-state index in [1.54, 1.807) is 6.20 Å². The lowest BCUT2D eigenvalue weighted by molar-refractivity contribution is -0.142. The maximum atomic E-state index is 12.1. The van der Waals surface area contributed by atoms with E-state index in [9.17, 15) is 9.59 Å². The van der Waals surface area contributed by atoms with Crippen molar-refractivity contribution in [2.75, 3.05) is 13.1 Å². The molecule has 1 fully saturated rings. The molecule has 1 saturated heterocycles. The van der Waals surface area contributed by atoms with E-state index in [-0.39, 0.29) is 24.2 Å². The van der Waals surface area contributed by atoms with Crippen molar-refractivity contribution in [3.8, 4) is 0 Å². The Labute approximate surface area is 110 Å². The van der Waals surface area contributed by atoms with E-state index in [0.717, 1.165) is 6.54 Å². The first-order valence-corrected chi connectivity index (χ1v) is 6.29. The van der Waals surface area contributed by atoms with Crippen molar-refractivity contribution < 1.29 is 14.7 Å². The number of rotatable bonds is 5. The number of imidazole rings is 1. The molecular weight excluding hydrogens is 248 g/mol. The van der Waals surface area contributed by atoms with Crippen molar-refractivity contribution in [2.45, 2.75) is 19.4 Å². The third-order valence-electron chi connectivity index (χ3n) is 3.45. The first-order chi connectivity index (χ1) is 9.08. The van der Waals surface area contributed by atoms with Gasteiger partial charge in [0.25, 0.3) is 0 Å². The second kappa shape index (κ2) is 5.83. The van der Waals surface area contributed by atoms with E-state index in [1.165, 1.54) is 6.33 Å². The van der Waals surface area contributed by atoms with Crippen LogP contribution in [0.15, 0.2) is 12.5 Å². The van der Waals surface area contributed by atoms with Gasteiger partial charge in [-0.1, -0.05) is 6.92 Å². The van der Waals surface area contributed by atoms with Crippen LogP contribution < -0.4 is 10.6 Å². The molecule has 7 nitrogen and oxygen atoms in total. The molecule has 7 heteroatoms. The quantitative estimate of drug-likeness (QED) is 0.568. The fourth-order valence-corrected chi connectivity index (χ4v) is 2.26. The number of nitrogens with one attached hydrogen (secondary N) is 3. The van der Waals surface area contributed by atoms with Crippen LogP contribution in [0.1, 0.15) is 12.6 Å². The van der Waals surface area contributed by atoms with Crippen molar-refractivity contribution in [3.63, 3.8) is 0 Å². The first kappa shape index (κ1) is 13.5. The smallest absolute Gasteiger partial charge is 0.326 e. The summed E-state index contributed by atoms with van der Waals surface area (Å²) >= 11 is 0. The van der Waals surface area contributed by atoms with Gasteiger partial charge >= 0.3 is 5.97 Å². The van der Waals surface area contributed by atoms with Crippen LogP contribution in [0.4, 0.5) is 0 Å². The average molecular weight is 266 g/mol. The van der Waals surface area contributed by atoms with E-state index in [4.69, 9.17) is 5.11 Å². The third kappa shape index (κ3) is 3.31. The van der Waals surface area contributed by atoms with Gasteiger partial charge in [-0.05, 0) is 12.5 Å². The average Bonchev–Trinajstić information content (AvgIpc) is 2.99. The van der Waals surface area contributed by atoms with E-state index in [1.807, 2.05) is 6.92 Å². The van der Waals surface area contributed by atoms with Gasteiger partial charge in [0.15, 0.2) is 0 Å². The summed E-state index contributed by atoms with van der Waals surface area (Å²) in [5.74, 6) is -1.18. The Kier molecular flexibility index (Phi) is 4.16. The summed E-state index contributed by atoms with van der Waals surface area (Å²) in [6.07, 6.45) is 3.25. The van der Waals surface area contributed by atoms with Crippen LogP contribution in [0.25, 0.3) is 0 Å². The zero-order chi connectivity index (χ0) is 13.8. The number of hydrogen-bond acceptors (Lipinski definition) is 4. The maximum absolute atomic E-state index is 12.1. The summed E-state index contributed by atoms with van der Waals surface area (Å²) < 4.78 is 0. The number of carbonyl (C=O) groups is 2. The molecule has 0 aliphatic carbocycles. The number of H-pyrrole nitrogens is 1. The van der Waals surface area contributed by atoms with Crippen molar-refractivity contribution >= 4 is 11.9 Å². The van der Waals surface area contributed by atoms with Gasteiger partial charge in [-0.15, -0.1) is 0 Å². The fraction of sp³-hybridized carbons (Fsp3) is 0.583. The largest absolute Gasteiger partial charge is 0.480 e. The summed E-state index contributed by atoms with van der Waals surface area (Å²) in [5.41, 5.74) is 0.685. The minimum atomic E-state index is -1.04. The van der Waals surface area contributed by atoms with Gasteiger partial charge in [-0.25, -0.2) is 9.78 Å². The molecule has 104 valence electrons. The molecule has 0 aromatic carbocycles. The standard InChI is InChI=1S/C12H18N4O3/c1-7-3-13-5-9(7)11(17)16-10(12(18)19)2-8-4-14-6-15-8/h4,6-7,9-10,13H,2-3,5H2,1H3,(H,14,15)(H,16,17)(H,18,19)/t7-,9-,10?/m1/s1. The zero-order valence-corrected chi connectivity index (χ0v) is 10.7. The maximum Gasteiger partial charge on any atom is 0.326 e. The molecule has 1 amide bonds. The minimum Gasteiger partial charge on any atom is -0.480 e. The Hall–Kier alpha value is -1.89. The Balaban J connectivity index is 1.96. The molecular formula is C12H18N4O3. The fourth-order valence-electron chi connectivity index (χ4n) is 2.26. The van der Waals surface area contributed by atoms with Crippen molar-refractivity contribution in [3.05, 3.63) is 18.2 Å². The van der Waals surface area contributed by atoms with Gasteiger partial charge in [0, 0.05) is 24.9 Å². The lowest BCUT2D eigenvalue weighted by Crippen LogP contribution is -2.46. The van der Waals surface area contributed by atoms with Crippen molar-refractivity contribution in [2.24, 2.45) is 11.8 Å². The molecule has 1 unspecified atom stereocenters. The number of aromatic nitrogens is 2. The van der Waals surface area contributed by atoms with Crippen LogP contribution in [0.3, 0.4) is 0 Å². The van der Waals surface area contributed by atoms with E-state index in [2.05, 4.69) is 20.6 Å². The van der Waals surface area contributed by atoms with Crippen LogP contribution in [-0.2, 0) is 16.0 Å². The highest BCUT2D eigenvalue weighted by atomic mass is 16.4. The lowest BCUT2D eigenvalue weighted by Gasteiger charge is -2.18. The van der Waals surface area contributed by atoms with Gasteiger partial charge in [-0.3, -0.25) is 4.79 Å². The second-order valence-electron chi connectivity index (χ2n) is 4.92. The minimum absolute atomic E-state index is 0.163. The van der Waals surface area contributed by atoms with E-state index < -0.39 is 12.0 Å². The molecule has 0 radical (unpaired) electrons. The molecule has 1 aromatic heterocycles. The van der Waals surface area contributed by atoms with Crippen LogP contribution in [0.2, 0.25) is 0 Å². The summed E-state index contributed by atoms with van der Waals surface area (Å²) in [6, 6.07) is -0.930. The number of nitrogens with zero attached hydrogens (tertiary/aromatic N) is 1. The zero-order valence-electron chi connectivity index (χ0n) is 10.7. The first-order valence-electron chi connectivity index (χ1n) is 6.29. The molecule has 4 N–H and O–H groups in total. The van der Waals surface area contributed by atoms with Crippen LogP contribution in [0.5, 0.6) is 0 Å². The molecule has 3 atom stereocenters. The lowest BCUT2D eigenvalue weighted by atomic mass is 9.96. The number of carboxylic acids is 1. The van der Waals surface area contributed by atoms with E-state index in [0.29, 0.717) is 12.2 Å². The Morgan fingerprint density at radius 2 is 2.37 bits per heavy atom. The predicted molar refractivity (Wildman–Crippen MR) is 67.4 cm³/mol.